The topological polar surface area (TPSA) is 42.2 Å². The largest absolute Gasteiger partial charge is 0.490 e. The van der Waals surface area contributed by atoms with Crippen molar-refractivity contribution in [1.29, 1.82) is 5.26 Å². The number of rotatable bonds is 7. The normalized spacial score (nSPS) is 11.3. The predicted molar refractivity (Wildman–Crippen MR) is 138 cm³/mol. The minimum absolute atomic E-state index is 0.447. The van der Waals surface area contributed by atoms with Gasteiger partial charge < -0.3 is 9.47 Å². The first-order valence-corrected chi connectivity index (χ1v) is 11.6. The van der Waals surface area contributed by atoms with Crippen LogP contribution in [0.25, 0.3) is 22.4 Å². The molecule has 3 nitrogen and oxygen atoms in total. The maximum atomic E-state index is 9.87. The molecule has 0 aliphatic rings. The summed E-state index contributed by atoms with van der Waals surface area (Å²) >= 11 is 3.65. The third-order valence-corrected chi connectivity index (χ3v) is 6.05. The van der Waals surface area contributed by atoms with E-state index in [0.717, 1.165) is 31.9 Å². The molecule has 0 aliphatic heterocycles. The number of benzene rings is 4. The maximum absolute atomic E-state index is 9.87. The van der Waals surface area contributed by atoms with Crippen LogP contribution in [-0.2, 0) is 6.61 Å². The molecule has 33 heavy (non-hydrogen) atoms. The number of fused-ring (bicyclic) bond motifs is 1. The molecule has 164 valence electrons. The first-order chi connectivity index (χ1) is 16.1. The summed E-state index contributed by atoms with van der Waals surface area (Å²) in [4.78, 5) is 0. The van der Waals surface area contributed by atoms with Crippen molar-refractivity contribution in [3.05, 3.63) is 106 Å². The van der Waals surface area contributed by atoms with Crippen LogP contribution in [0.5, 0.6) is 11.5 Å². The van der Waals surface area contributed by atoms with Crippen molar-refractivity contribution in [3.8, 4) is 17.6 Å². The molecule has 4 aromatic carbocycles. The number of nitrogens with zero attached hydrogens (tertiary/aromatic N) is 1. The number of ether oxygens (including phenoxy) is 2. The van der Waals surface area contributed by atoms with E-state index in [-0.39, 0.29) is 0 Å². The Morgan fingerprint density at radius 3 is 2.36 bits per heavy atom. The first-order valence-electron chi connectivity index (χ1n) is 10.8. The van der Waals surface area contributed by atoms with Gasteiger partial charge in [-0.15, -0.1) is 0 Å². The molecule has 0 amide bonds. The molecule has 4 rings (SSSR count). The standard InChI is InChI=1S/C29H24BrNO2/c1-3-32-28-16-25(27(30)17-29(28)33-19-21-10-8-20(2)9-11-21)15-26(18-31)24-13-12-22-6-4-5-7-23(22)14-24/h4-17H,3,19H2,1-2H3/b26-15-. The van der Waals surface area contributed by atoms with E-state index >= 15 is 0 Å². The van der Waals surface area contributed by atoms with Gasteiger partial charge in [0.1, 0.15) is 6.61 Å². The van der Waals surface area contributed by atoms with E-state index < -0.39 is 0 Å². The summed E-state index contributed by atoms with van der Waals surface area (Å²) in [5, 5.41) is 12.1. The van der Waals surface area contributed by atoms with Crippen LogP contribution >= 0.6 is 15.9 Å². The molecule has 0 saturated carbocycles. The lowest BCUT2D eigenvalue weighted by Crippen LogP contribution is -2.00. The van der Waals surface area contributed by atoms with Gasteiger partial charge in [0, 0.05) is 4.47 Å². The van der Waals surface area contributed by atoms with Crippen molar-refractivity contribution in [2.24, 2.45) is 0 Å². The molecule has 4 aromatic rings. The van der Waals surface area contributed by atoms with Gasteiger partial charge in [-0.05, 0) is 65.6 Å². The van der Waals surface area contributed by atoms with Crippen molar-refractivity contribution in [2.75, 3.05) is 6.61 Å². The smallest absolute Gasteiger partial charge is 0.162 e. The zero-order valence-corrected chi connectivity index (χ0v) is 20.2. The predicted octanol–water partition coefficient (Wildman–Crippen LogP) is 7.95. The zero-order chi connectivity index (χ0) is 23.2. The second-order valence-electron chi connectivity index (χ2n) is 7.76. The second kappa shape index (κ2) is 10.4. The number of aryl methyl sites for hydroxylation is 1. The molecular formula is C29H24BrNO2. The lowest BCUT2D eigenvalue weighted by atomic mass is 10.00. The molecule has 0 saturated heterocycles. The van der Waals surface area contributed by atoms with Crippen LogP contribution in [0.1, 0.15) is 29.2 Å². The van der Waals surface area contributed by atoms with Crippen LogP contribution < -0.4 is 9.47 Å². The van der Waals surface area contributed by atoms with E-state index in [0.29, 0.717) is 30.3 Å². The molecule has 0 heterocycles. The van der Waals surface area contributed by atoms with Gasteiger partial charge in [0.25, 0.3) is 0 Å². The molecule has 4 heteroatoms. The fourth-order valence-electron chi connectivity index (χ4n) is 3.58. The molecule has 0 fully saturated rings. The van der Waals surface area contributed by atoms with Gasteiger partial charge in [0.15, 0.2) is 11.5 Å². The fraction of sp³-hybridized carbons (Fsp3) is 0.138. The van der Waals surface area contributed by atoms with Crippen molar-refractivity contribution < 1.29 is 9.47 Å². The molecule has 0 bridgehead atoms. The van der Waals surface area contributed by atoms with Crippen LogP contribution in [0.4, 0.5) is 0 Å². The van der Waals surface area contributed by atoms with Crippen molar-refractivity contribution >= 4 is 38.4 Å². The van der Waals surface area contributed by atoms with Crippen LogP contribution in [0, 0.1) is 18.3 Å². The molecule has 0 atom stereocenters. The quantitative estimate of drug-likeness (QED) is 0.192. The van der Waals surface area contributed by atoms with Crippen molar-refractivity contribution in [1.82, 2.24) is 0 Å². The van der Waals surface area contributed by atoms with E-state index in [4.69, 9.17) is 9.47 Å². The van der Waals surface area contributed by atoms with Gasteiger partial charge >= 0.3 is 0 Å². The highest BCUT2D eigenvalue weighted by molar-refractivity contribution is 9.10. The van der Waals surface area contributed by atoms with Gasteiger partial charge in [0.2, 0.25) is 0 Å². The van der Waals surface area contributed by atoms with Crippen LogP contribution in [0.2, 0.25) is 0 Å². The van der Waals surface area contributed by atoms with E-state index in [1.165, 1.54) is 5.56 Å². The Bertz CT molecular complexity index is 1350. The van der Waals surface area contributed by atoms with Crippen LogP contribution in [-0.4, -0.2) is 6.61 Å². The third-order valence-electron chi connectivity index (χ3n) is 5.36. The Balaban J connectivity index is 1.65. The van der Waals surface area contributed by atoms with E-state index in [1.54, 1.807) is 0 Å². The van der Waals surface area contributed by atoms with Crippen LogP contribution in [0.3, 0.4) is 0 Å². The zero-order valence-electron chi connectivity index (χ0n) is 18.6. The monoisotopic (exact) mass is 497 g/mol. The Kier molecular flexibility index (Phi) is 7.12. The van der Waals surface area contributed by atoms with E-state index in [1.807, 2.05) is 55.5 Å². The Hall–Kier alpha value is -3.55. The number of hydrogen-bond donors (Lipinski definition) is 0. The summed E-state index contributed by atoms with van der Waals surface area (Å²) in [7, 11) is 0. The molecule has 0 aliphatic carbocycles. The average Bonchev–Trinajstić information content (AvgIpc) is 2.84. The van der Waals surface area contributed by atoms with Gasteiger partial charge in [-0.3, -0.25) is 0 Å². The fourth-order valence-corrected chi connectivity index (χ4v) is 4.02. The SMILES string of the molecule is CCOc1cc(/C=C(/C#N)c2ccc3ccccc3c2)c(Br)cc1OCc1ccc(C)cc1. The van der Waals surface area contributed by atoms with Gasteiger partial charge in [0.05, 0.1) is 18.2 Å². The number of nitriles is 1. The lowest BCUT2D eigenvalue weighted by Gasteiger charge is -2.14. The molecule has 0 spiro atoms. The van der Waals surface area contributed by atoms with Gasteiger partial charge in [-0.25, -0.2) is 0 Å². The first kappa shape index (κ1) is 22.6. The Morgan fingerprint density at radius 2 is 1.64 bits per heavy atom. The minimum atomic E-state index is 0.447. The lowest BCUT2D eigenvalue weighted by molar-refractivity contribution is 0.269. The summed E-state index contributed by atoms with van der Waals surface area (Å²) in [6.45, 7) is 4.97. The molecule has 0 aromatic heterocycles. The summed E-state index contributed by atoms with van der Waals surface area (Å²) in [5.74, 6) is 1.31. The summed E-state index contributed by atoms with van der Waals surface area (Å²) in [5.41, 5.74) is 4.61. The summed E-state index contributed by atoms with van der Waals surface area (Å²) in [6.07, 6.45) is 1.88. The highest BCUT2D eigenvalue weighted by Gasteiger charge is 2.12. The summed E-state index contributed by atoms with van der Waals surface area (Å²) in [6, 6.07) is 28.6. The molecule has 0 unspecified atom stereocenters. The van der Waals surface area contributed by atoms with Crippen molar-refractivity contribution in [3.63, 3.8) is 0 Å². The van der Waals surface area contributed by atoms with Crippen LogP contribution in [0.15, 0.2) is 83.3 Å². The molecule has 0 radical (unpaired) electrons. The summed E-state index contributed by atoms with van der Waals surface area (Å²) < 4.78 is 12.8. The molecular weight excluding hydrogens is 474 g/mol. The van der Waals surface area contributed by atoms with Gasteiger partial charge in [-0.1, -0.05) is 82.2 Å². The third kappa shape index (κ3) is 5.45. The number of allylic oxidation sites excluding steroid dienone is 1. The van der Waals surface area contributed by atoms with E-state index in [9.17, 15) is 5.26 Å². The Morgan fingerprint density at radius 1 is 0.909 bits per heavy atom. The average molecular weight is 498 g/mol. The van der Waals surface area contributed by atoms with E-state index in [2.05, 4.69) is 65.3 Å². The highest BCUT2D eigenvalue weighted by Crippen LogP contribution is 2.36. The highest BCUT2D eigenvalue weighted by atomic mass is 79.9. The number of halogens is 1. The number of hydrogen-bond acceptors (Lipinski definition) is 3. The second-order valence-corrected chi connectivity index (χ2v) is 8.61. The van der Waals surface area contributed by atoms with Crippen molar-refractivity contribution in [2.45, 2.75) is 20.5 Å². The maximum Gasteiger partial charge on any atom is 0.162 e. The Labute approximate surface area is 203 Å². The molecule has 0 N–H and O–H groups in total. The minimum Gasteiger partial charge on any atom is -0.490 e. The van der Waals surface area contributed by atoms with Gasteiger partial charge in [-0.2, -0.15) is 5.26 Å².